The van der Waals surface area contributed by atoms with Gasteiger partial charge in [0.2, 0.25) is 0 Å². The van der Waals surface area contributed by atoms with Gasteiger partial charge in [-0.05, 0) is 29.8 Å². The van der Waals surface area contributed by atoms with Gasteiger partial charge in [0.25, 0.3) is 0 Å². The third-order valence-electron chi connectivity index (χ3n) is 4.81. The molecule has 2 aromatic heterocycles. The number of aromatic amines is 1. The van der Waals surface area contributed by atoms with Gasteiger partial charge in [-0.25, -0.2) is 9.97 Å². The Kier molecular flexibility index (Phi) is 5.29. The van der Waals surface area contributed by atoms with Crippen LogP contribution in [0.2, 0.25) is 0 Å². The zero-order valence-corrected chi connectivity index (χ0v) is 15.7. The standard InChI is InChI=1S/C19H20F3N5O2/c1-26-7-6-23-17(26)11-27-8-9-28-12-16(27)18-24-10-15(25-18)13-2-4-14(5-3-13)29-19(20,21)22/h2-7,10,16H,8-9,11-12H2,1H3,(H,24,25). The molecule has 0 bridgehead atoms. The van der Waals surface area contributed by atoms with E-state index in [4.69, 9.17) is 4.74 Å². The summed E-state index contributed by atoms with van der Waals surface area (Å²) in [5.41, 5.74) is 1.42. The summed E-state index contributed by atoms with van der Waals surface area (Å²) in [6.45, 7) is 2.54. The summed E-state index contributed by atoms with van der Waals surface area (Å²) in [6, 6.07) is 5.60. The summed E-state index contributed by atoms with van der Waals surface area (Å²) in [5, 5.41) is 0. The summed E-state index contributed by atoms with van der Waals surface area (Å²) < 4.78 is 48.5. The zero-order chi connectivity index (χ0) is 20.4. The van der Waals surface area contributed by atoms with E-state index in [0.29, 0.717) is 31.0 Å². The summed E-state index contributed by atoms with van der Waals surface area (Å²) in [7, 11) is 1.95. The number of hydrogen-bond donors (Lipinski definition) is 1. The van der Waals surface area contributed by atoms with Crippen molar-refractivity contribution >= 4 is 0 Å². The first kappa shape index (κ1) is 19.5. The molecule has 29 heavy (non-hydrogen) atoms. The topological polar surface area (TPSA) is 68.2 Å². The Bertz CT molecular complexity index is 951. The molecule has 1 unspecified atom stereocenters. The fraction of sp³-hybridized carbons (Fsp3) is 0.368. The summed E-state index contributed by atoms with van der Waals surface area (Å²) in [5.74, 6) is 1.43. The molecule has 1 saturated heterocycles. The number of ether oxygens (including phenoxy) is 2. The van der Waals surface area contributed by atoms with Crippen molar-refractivity contribution in [1.29, 1.82) is 0 Å². The number of H-pyrrole nitrogens is 1. The van der Waals surface area contributed by atoms with Gasteiger partial charge >= 0.3 is 6.36 Å². The number of aromatic nitrogens is 4. The molecule has 0 amide bonds. The van der Waals surface area contributed by atoms with Crippen molar-refractivity contribution in [2.75, 3.05) is 19.8 Å². The molecule has 1 aliphatic rings. The Morgan fingerprint density at radius 3 is 2.72 bits per heavy atom. The van der Waals surface area contributed by atoms with Crippen LogP contribution in [-0.4, -0.2) is 50.5 Å². The van der Waals surface area contributed by atoms with Crippen LogP contribution in [0.4, 0.5) is 13.2 Å². The summed E-state index contributed by atoms with van der Waals surface area (Å²) in [4.78, 5) is 14.4. The maximum atomic E-state index is 12.3. The van der Waals surface area contributed by atoms with Gasteiger partial charge in [0.15, 0.2) is 0 Å². The number of imidazole rings is 2. The van der Waals surface area contributed by atoms with Gasteiger partial charge in [0.05, 0.1) is 37.7 Å². The molecular weight excluding hydrogens is 387 g/mol. The van der Waals surface area contributed by atoms with Crippen molar-refractivity contribution in [2.45, 2.75) is 18.9 Å². The van der Waals surface area contributed by atoms with Crippen molar-refractivity contribution in [1.82, 2.24) is 24.4 Å². The van der Waals surface area contributed by atoms with Crippen molar-refractivity contribution in [3.8, 4) is 17.0 Å². The molecule has 1 fully saturated rings. The van der Waals surface area contributed by atoms with Crippen LogP contribution in [0, 0.1) is 0 Å². The highest BCUT2D eigenvalue weighted by Crippen LogP contribution is 2.28. The average Bonchev–Trinajstić information content (AvgIpc) is 3.31. The molecule has 154 valence electrons. The third kappa shape index (κ3) is 4.60. The van der Waals surface area contributed by atoms with Crippen molar-refractivity contribution in [3.05, 3.63) is 54.5 Å². The number of morpholine rings is 1. The van der Waals surface area contributed by atoms with Crippen LogP contribution < -0.4 is 4.74 Å². The smallest absolute Gasteiger partial charge is 0.406 e. The van der Waals surface area contributed by atoms with Gasteiger partial charge in [0.1, 0.15) is 17.4 Å². The quantitative estimate of drug-likeness (QED) is 0.703. The summed E-state index contributed by atoms with van der Waals surface area (Å²) in [6.07, 6.45) is 0.632. The average molecular weight is 407 g/mol. The van der Waals surface area contributed by atoms with Crippen LogP contribution in [0.5, 0.6) is 5.75 Å². The first-order chi connectivity index (χ1) is 13.9. The van der Waals surface area contributed by atoms with E-state index in [9.17, 15) is 13.2 Å². The molecule has 1 atom stereocenters. The predicted molar refractivity (Wildman–Crippen MR) is 97.9 cm³/mol. The van der Waals surface area contributed by atoms with E-state index in [2.05, 4.69) is 24.6 Å². The van der Waals surface area contributed by atoms with E-state index in [1.807, 2.05) is 17.8 Å². The third-order valence-corrected chi connectivity index (χ3v) is 4.81. The molecule has 1 N–H and O–H groups in total. The maximum Gasteiger partial charge on any atom is 0.573 e. The molecule has 0 spiro atoms. The Balaban J connectivity index is 1.50. The van der Waals surface area contributed by atoms with Gasteiger partial charge < -0.3 is 19.0 Å². The SMILES string of the molecule is Cn1ccnc1CN1CCOCC1c1ncc(-c2ccc(OC(F)(F)F)cc2)[nH]1. The number of aryl methyl sites for hydroxylation is 1. The molecule has 3 aromatic rings. The Morgan fingerprint density at radius 1 is 1.24 bits per heavy atom. The summed E-state index contributed by atoms with van der Waals surface area (Å²) >= 11 is 0. The predicted octanol–water partition coefficient (Wildman–Crippen LogP) is 3.28. The second kappa shape index (κ2) is 7.88. The van der Waals surface area contributed by atoms with Crippen molar-refractivity contribution in [3.63, 3.8) is 0 Å². The number of nitrogens with one attached hydrogen (secondary N) is 1. The zero-order valence-electron chi connectivity index (χ0n) is 15.7. The van der Waals surface area contributed by atoms with Gasteiger partial charge in [-0.15, -0.1) is 13.2 Å². The number of nitrogens with zero attached hydrogens (tertiary/aromatic N) is 4. The molecule has 1 aromatic carbocycles. The molecule has 7 nitrogen and oxygen atoms in total. The van der Waals surface area contributed by atoms with E-state index in [-0.39, 0.29) is 11.8 Å². The molecular formula is C19H20F3N5O2. The van der Waals surface area contributed by atoms with Gasteiger partial charge in [0, 0.05) is 26.0 Å². The minimum absolute atomic E-state index is 0.0676. The molecule has 0 radical (unpaired) electrons. The molecule has 10 heteroatoms. The van der Waals surface area contributed by atoms with Crippen LogP contribution in [0.3, 0.4) is 0 Å². The van der Waals surface area contributed by atoms with Gasteiger partial charge in [-0.1, -0.05) is 0 Å². The van der Waals surface area contributed by atoms with Crippen LogP contribution in [-0.2, 0) is 18.3 Å². The number of hydrogen-bond acceptors (Lipinski definition) is 5. The van der Waals surface area contributed by atoms with Crippen LogP contribution >= 0.6 is 0 Å². The maximum absolute atomic E-state index is 12.3. The minimum atomic E-state index is -4.71. The van der Waals surface area contributed by atoms with Crippen LogP contribution in [0.25, 0.3) is 11.3 Å². The highest BCUT2D eigenvalue weighted by molar-refractivity contribution is 5.59. The lowest BCUT2D eigenvalue weighted by atomic mass is 10.1. The fourth-order valence-corrected chi connectivity index (χ4v) is 3.30. The Morgan fingerprint density at radius 2 is 2.03 bits per heavy atom. The van der Waals surface area contributed by atoms with E-state index in [1.54, 1.807) is 24.5 Å². The molecule has 0 aliphatic carbocycles. The van der Waals surface area contributed by atoms with Crippen molar-refractivity contribution < 1.29 is 22.6 Å². The molecule has 1 aliphatic heterocycles. The molecule has 0 saturated carbocycles. The van der Waals surface area contributed by atoms with E-state index in [0.717, 1.165) is 18.2 Å². The highest BCUT2D eigenvalue weighted by atomic mass is 19.4. The first-order valence-corrected chi connectivity index (χ1v) is 9.08. The number of rotatable bonds is 5. The van der Waals surface area contributed by atoms with E-state index >= 15 is 0 Å². The monoisotopic (exact) mass is 407 g/mol. The second-order valence-corrected chi connectivity index (χ2v) is 6.77. The Labute approximate surface area is 165 Å². The number of halogens is 3. The van der Waals surface area contributed by atoms with Crippen LogP contribution in [0.1, 0.15) is 17.7 Å². The molecule has 3 heterocycles. The Hall–Kier alpha value is -2.85. The van der Waals surface area contributed by atoms with Crippen molar-refractivity contribution in [2.24, 2.45) is 7.05 Å². The lowest BCUT2D eigenvalue weighted by molar-refractivity contribution is -0.274. The lowest BCUT2D eigenvalue weighted by Crippen LogP contribution is -2.40. The largest absolute Gasteiger partial charge is 0.573 e. The lowest BCUT2D eigenvalue weighted by Gasteiger charge is -2.34. The fourth-order valence-electron chi connectivity index (χ4n) is 3.30. The van der Waals surface area contributed by atoms with E-state index < -0.39 is 6.36 Å². The minimum Gasteiger partial charge on any atom is -0.406 e. The normalized spacial score (nSPS) is 18.1. The number of benzene rings is 1. The second-order valence-electron chi connectivity index (χ2n) is 6.77. The first-order valence-electron chi connectivity index (χ1n) is 9.08. The van der Waals surface area contributed by atoms with Gasteiger partial charge in [-0.3, -0.25) is 4.90 Å². The molecule has 4 rings (SSSR count). The number of alkyl halides is 3. The van der Waals surface area contributed by atoms with E-state index in [1.165, 1.54) is 12.1 Å². The van der Waals surface area contributed by atoms with Gasteiger partial charge in [-0.2, -0.15) is 0 Å². The van der Waals surface area contributed by atoms with Crippen LogP contribution in [0.15, 0.2) is 42.9 Å². The highest BCUT2D eigenvalue weighted by Gasteiger charge is 2.31.